The van der Waals surface area contributed by atoms with Crippen molar-refractivity contribution in [2.24, 2.45) is 0 Å². The molecule has 0 spiro atoms. The van der Waals surface area contributed by atoms with E-state index >= 15 is 0 Å². The molecular weight excluding hydrogens is 282 g/mol. The minimum atomic E-state index is -0.930. The van der Waals surface area contributed by atoms with Gasteiger partial charge in [-0.15, -0.1) is 11.3 Å². The van der Waals surface area contributed by atoms with E-state index in [0.717, 1.165) is 5.01 Å². The second-order valence-electron chi connectivity index (χ2n) is 4.43. The number of amides is 2. The molecule has 2 heterocycles. The van der Waals surface area contributed by atoms with Crippen LogP contribution < -0.4 is 5.32 Å². The van der Waals surface area contributed by atoms with Crippen molar-refractivity contribution in [3.63, 3.8) is 0 Å². The van der Waals surface area contributed by atoms with Crippen LogP contribution in [-0.2, 0) is 16.0 Å². The molecule has 1 fully saturated rings. The Hall–Kier alpha value is -1.67. The maximum absolute atomic E-state index is 12.1. The lowest BCUT2D eigenvalue weighted by atomic mass is 10.1. The van der Waals surface area contributed by atoms with E-state index in [4.69, 9.17) is 9.84 Å². The number of carboxylic acid groups (broad SMARTS) is 1. The fourth-order valence-corrected chi connectivity index (χ4v) is 2.67. The Morgan fingerprint density at radius 1 is 1.60 bits per heavy atom. The maximum atomic E-state index is 12.1. The number of aromatic nitrogens is 1. The third-order valence-electron chi connectivity index (χ3n) is 3.00. The number of urea groups is 1. The minimum absolute atomic E-state index is 0.0973. The summed E-state index contributed by atoms with van der Waals surface area (Å²) in [4.78, 5) is 28.5. The number of hydrogen-bond donors (Lipinski definition) is 2. The van der Waals surface area contributed by atoms with Crippen LogP contribution in [0.25, 0.3) is 0 Å². The van der Waals surface area contributed by atoms with E-state index in [9.17, 15) is 9.59 Å². The molecule has 0 radical (unpaired) electrons. The third-order valence-corrected chi connectivity index (χ3v) is 3.84. The van der Waals surface area contributed by atoms with Gasteiger partial charge >= 0.3 is 12.0 Å². The Morgan fingerprint density at radius 3 is 3.15 bits per heavy atom. The van der Waals surface area contributed by atoms with Crippen molar-refractivity contribution < 1.29 is 19.4 Å². The Kier molecular flexibility index (Phi) is 5.31. The van der Waals surface area contributed by atoms with Gasteiger partial charge in [-0.05, 0) is 0 Å². The number of ether oxygens (including phenoxy) is 1. The summed E-state index contributed by atoms with van der Waals surface area (Å²) < 4.78 is 5.23. The van der Waals surface area contributed by atoms with Crippen LogP contribution in [0, 0.1) is 0 Å². The smallest absolute Gasteiger partial charge is 0.317 e. The number of carboxylic acids is 1. The van der Waals surface area contributed by atoms with Gasteiger partial charge in [0.25, 0.3) is 0 Å². The lowest BCUT2D eigenvalue weighted by Crippen LogP contribution is -2.53. The van der Waals surface area contributed by atoms with Gasteiger partial charge in [0.2, 0.25) is 0 Å². The van der Waals surface area contributed by atoms with Crippen LogP contribution in [-0.4, -0.2) is 59.3 Å². The molecule has 110 valence electrons. The van der Waals surface area contributed by atoms with Crippen molar-refractivity contribution in [1.82, 2.24) is 15.2 Å². The first kappa shape index (κ1) is 14.7. The highest BCUT2D eigenvalue weighted by Crippen LogP contribution is 2.11. The highest BCUT2D eigenvalue weighted by Gasteiger charge is 2.28. The number of rotatable bonds is 5. The molecule has 20 heavy (non-hydrogen) atoms. The van der Waals surface area contributed by atoms with E-state index in [1.165, 1.54) is 0 Å². The second kappa shape index (κ2) is 7.20. The summed E-state index contributed by atoms with van der Waals surface area (Å²) >= 11 is 1.55. The molecule has 2 amide bonds. The van der Waals surface area contributed by atoms with E-state index in [2.05, 4.69) is 10.3 Å². The molecule has 0 aliphatic carbocycles. The van der Waals surface area contributed by atoms with Crippen molar-refractivity contribution in [3.05, 3.63) is 16.6 Å². The molecular formula is C12H17N3O4S. The van der Waals surface area contributed by atoms with Gasteiger partial charge in [-0.1, -0.05) is 0 Å². The fourth-order valence-electron chi connectivity index (χ4n) is 2.05. The standard InChI is InChI=1S/C12H17N3O4S/c16-11(17)7-9-8-19-5-4-15(9)12(18)14-2-1-10-13-3-6-20-10/h3,6,9H,1-2,4-5,7-8H2,(H,14,18)(H,16,17). The molecule has 1 aliphatic rings. The van der Waals surface area contributed by atoms with Crippen molar-refractivity contribution in [3.8, 4) is 0 Å². The monoisotopic (exact) mass is 299 g/mol. The molecule has 0 saturated carbocycles. The number of nitrogens with one attached hydrogen (secondary N) is 1. The lowest BCUT2D eigenvalue weighted by Gasteiger charge is -2.34. The predicted molar refractivity (Wildman–Crippen MR) is 72.8 cm³/mol. The SMILES string of the molecule is O=C(O)CC1COCCN1C(=O)NCCc1nccs1. The normalized spacial score (nSPS) is 18.8. The number of morpholine rings is 1. The first-order valence-electron chi connectivity index (χ1n) is 6.39. The Labute approximate surface area is 120 Å². The molecule has 7 nitrogen and oxygen atoms in total. The van der Waals surface area contributed by atoms with Crippen LogP contribution >= 0.6 is 11.3 Å². The first-order valence-corrected chi connectivity index (χ1v) is 7.27. The molecule has 0 bridgehead atoms. The Morgan fingerprint density at radius 2 is 2.45 bits per heavy atom. The molecule has 1 aromatic rings. The van der Waals surface area contributed by atoms with Crippen molar-refractivity contribution in [2.75, 3.05) is 26.3 Å². The molecule has 1 atom stereocenters. The molecule has 2 rings (SSSR count). The molecule has 2 N–H and O–H groups in total. The van der Waals surface area contributed by atoms with Gasteiger partial charge in [0.15, 0.2) is 0 Å². The second-order valence-corrected chi connectivity index (χ2v) is 5.41. The zero-order valence-electron chi connectivity index (χ0n) is 10.9. The molecule has 1 aromatic heterocycles. The first-order chi connectivity index (χ1) is 9.66. The van der Waals surface area contributed by atoms with Gasteiger partial charge in [-0.2, -0.15) is 0 Å². The zero-order valence-corrected chi connectivity index (χ0v) is 11.8. The van der Waals surface area contributed by atoms with Crippen molar-refractivity contribution >= 4 is 23.3 Å². The van der Waals surface area contributed by atoms with Crippen LogP contribution in [0.3, 0.4) is 0 Å². The van der Waals surface area contributed by atoms with E-state index < -0.39 is 12.0 Å². The van der Waals surface area contributed by atoms with Crippen LogP contribution in [0.5, 0.6) is 0 Å². The van der Waals surface area contributed by atoms with E-state index in [0.29, 0.717) is 26.1 Å². The number of hydrogen-bond acceptors (Lipinski definition) is 5. The van der Waals surface area contributed by atoms with Gasteiger partial charge in [-0.3, -0.25) is 4.79 Å². The van der Waals surface area contributed by atoms with Gasteiger partial charge in [-0.25, -0.2) is 9.78 Å². The number of nitrogens with zero attached hydrogens (tertiary/aromatic N) is 2. The number of thiazole rings is 1. The van der Waals surface area contributed by atoms with Gasteiger partial charge in [0.05, 0.1) is 30.7 Å². The summed E-state index contributed by atoms with van der Waals surface area (Å²) in [6.45, 7) is 1.62. The van der Waals surface area contributed by atoms with Crippen molar-refractivity contribution in [2.45, 2.75) is 18.9 Å². The topological polar surface area (TPSA) is 91.8 Å². The van der Waals surface area contributed by atoms with Crippen LogP contribution in [0.1, 0.15) is 11.4 Å². The quantitative estimate of drug-likeness (QED) is 0.829. The summed E-state index contributed by atoms with van der Waals surface area (Å²) in [5.74, 6) is -0.930. The Bertz CT molecular complexity index is 452. The summed E-state index contributed by atoms with van der Waals surface area (Å²) in [7, 11) is 0. The fraction of sp³-hybridized carbons (Fsp3) is 0.583. The maximum Gasteiger partial charge on any atom is 0.317 e. The number of aliphatic carboxylic acids is 1. The lowest BCUT2D eigenvalue weighted by molar-refractivity contribution is -0.139. The van der Waals surface area contributed by atoms with E-state index in [-0.39, 0.29) is 19.1 Å². The summed E-state index contributed by atoms with van der Waals surface area (Å²) in [6.07, 6.45) is 2.31. The van der Waals surface area contributed by atoms with Gasteiger partial charge in [0.1, 0.15) is 0 Å². The third kappa shape index (κ3) is 4.17. The highest BCUT2D eigenvalue weighted by atomic mass is 32.1. The minimum Gasteiger partial charge on any atom is -0.481 e. The van der Waals surface area contributed by atoms with E-state index in [1.54, 1.807) is 22.4 Å². The molecule has 1 unspecified atom stereocenters. The van der Waals surface area contributed by atoms with Crippen LogP contribution in [0.2, 0.25) is 0 Å². The number of carbonyl (C=O) groups is 2. The molecule has 1 aliphatic heterocycles. The molecule has 8 heteroatoms. The van der Waals surface area contributed by atoms with Gasteiger partial charge < -0.3 is 20.1 Å². The highest BCUT2D eigenvalue weighted by molar-refractivity contribution is 7.09. The van der Waals surface area contributed by atoms with Crippen LogP contribution in [0.4, 0.5) is 4.79 Å². The molecule has 0 aromatic carbocycles. The largest absolute Gasteiger partial charge is 0.481 e. The summed E-state index contributed by atoms with van der Waals surface area (Å²) in [6, 6.07) is -0.641. The van der Waals surface area contributed by atoms with Crippen molar-refractivity contribution in [1.29, 1.82) is 0 Å². The molecule has 1 saturated heterocycles. The van der Waals surface area contributed by atoms with E-state index in [1.807, 2.05) is 5.38 Å². The average Bonchev–Trinajstić information content (AvgIpc) is 2.91. The van der Waals surface area contributed by atoms with Gasteiger partial charge in [0, 0.05) is 31.1 Å². The Balaban J connectivity index is 1.81. The van der Waals surface area contributed by atoms with Crippen LogP contribution in [0.15, 0.2) is 11.6 Å². The average molecular weight is 299 g/mol. The number of carbonyl (C=O) groups excluding carboxylic acids is 1. The predicted octanol–water partition coefficient (Wildman–Crippen LogP) is 0.571. The zero-order chi connectivity index (χ0) is 14.4. The summed E-state index contributed by atoms with van der Waals surface area (Å²) in [5, 5.41) is 14.5. The summed E-state index contributed by atoms with van der Waals surface area (Å²) in [5.41, 5.74) is 0.